The highest BCUT2D eigenvalue weighted by atomic mass is 19.1. The van der Waals surface area contributed by atoms with Crippen LogP contribution in [0.5, 0.6) is 0 Å². The highest BCUT2D eigenvalue weighted by Gasteiger charge is 2.20. The molecule has 0 radical (unpaired) electrons. The van der Waals surface area contributed by atoms with E-state index < -0.39 is 0 Å². The summed E-state index contributed by atoms with van der Waals surface area (Å²) < 4.78 is 13.9. The van der Waals surface area contributed by atoms with E-state index >= 15 is 0 Å². The van der Waals surface area contributed by atoms with Crippen molar-refractivity contribution >= 4 is 5.69 Å². The van der Waals surface area contributed by atoms with Crippen LogP contribution in [-0.4, -0.2) is 19.1 Å². The lowest BCUT2D eigenvalue weighted by atomic mass is 10.1. The fraction of sp³-hybridized carbons (Fsp3) is 0.600. The van der Waals surface area contributed by atoms with Crippen LogP contribution in [0.4, 0.5) is 10.1 Å². The molecule has 0 unspecified atom stereocenters. The summed E-state index contributed by atoms with van der Waals surface area (Å²) in [5.41, 5.74) is 1.99. The lowest BCUT2D eigenvalue weighted by molar-refractivity contribution is 0.556. The quantitative estimate of drug-likeness (QED) is 0.881. The number of piperidine rings is 1. The molecule has 1 N–H and O–H groups in total. The maximum absolute atomic E-state index is 13.9. The molecule has 3 rings (SSSR count). The number of hydrogen-bond donors (Lipinski definition) is 1. The third-order valence-corrected chi connectivity index (χ3v) is 3.88. The van der Waals surface area contributed by atoms with Crippen LogP contribution < -0.4 is 10.2 Å². The summed E-state index contributed by atoms with van der Waals surface area (Å²) in [5, 5.41) is 3.48. The second-order valence-corrected chi connectivity index (χ2v) is 5.49. The van der Waals surface area contributed by atoms with E-state index in [1.54, 1.807) is 6.07 Å². The molecular weight excluding hydrogens is 227 g/mol. The monoisotopic (exact) mass is 248 g/mol. The van der Waals surface area contributed by atoms with Gasteiger partial charge in [0.15, 0.2) is 0 Å². The molecule has 1 saturated heterocycles. The Morgan fingerprint density at radius 3 is 2.67 bits per heavy atom. The van der Waals surface area contributed by atoms with Gasteiger partial charge in [-0.25, -0.2) is 4.39 Å². The summed E-state index contributed by atoms with van der Waals surface area (Å²) in [6.45, 7) is 2.86. The molecule has 1 heterocycles. The molecule has 0 amide bonds. The van der Waals surface area contributed by atoms with Gasteiger partial charge < -0.3 is 10.2 Å². The van der Waals surface area contributed by atoms with Crippen molar-refractivity contribution in [2.45, 2.75) is 44.7 Å². The molecule has 0 atom stereocenters. The van der Waals surface area contributed by atoms with Gasteiger partial charge >= 0.3 is 0 Å². The Kier molecular flexibility index (Phi) is 3.50. The van der Waals surface area contributed by atoms with E-state index in [4.69, 9.17) is 0 Å². The summed E-state index contributed by atoms with van der Waals surface area (Å²) in [5.74, 6) is -0.0768. The molecule has 0 spiro atoms. The summed E-state index contributed by atoms with van der Waals surface area (Å²) in [4.78, 5) is 2.19. The van der Waals surface area contributed by atoms with E-state index in [0.29, 0.717) is 6.04 Å². The van der Waals surface area contributed by atoms with E-state index in [1.165, 1.54) is 37.7 Å². The number of hydrogen-bond acceptors (Lipinski definition) is 2. The molecule has 3 heteroatoms. The van der Waals surface area contributed by atoms with Gasteiger partial charge in [0.2, 0.25) is 0 Å². The number of benzene rings is 1. The Morgan fingerprint density at radius 2 is 1.94 bits per heavy atom. The van der Waals surface area contributed by atoms with Crippen molar-refractivity contribution < 1.29 is 4.39 Å². The van der Waals surface area contributed by atoms with E-state index in [2.05, 4.69) is 10.2 Å². The Bertz CT molecular complexity index is 409. The normalized spacial score (nSPS) is 20.2. The van der Waals surface area contributed by atoms with Gasteiger partial charge in [-0.15, -0.1) is 0 Å². The minimum atomic E-state index is -0.0768. The zero-order valence-electron chi connectivity index (χ0n) is 10.8. The van der Waals surface area contributed by atoms with Crippen molar-refractivity contribution in [1.82, 2.24) is 5.32 Å². The van der Waals surface area contributed by atoms with Crippen molar-refractivity contribution in [1.29, 1.82) is 0 Å². The molecule has 2 fully saturated rings. The molecule has 1 aromatic rings. The van der Waals surface area contributed by atoms with Crippen molar-refractivity contribution in [3.8, 4) is 0 Å². The van der Waals surface area contributed by atoms with Gasteiger partial charge in [-0.2, -0.15) is 0 Å². The summed E-state index contributed by atoms with van der Waals surface area (Å²) in [6, 6.07) is 6.25. The van der Waals surface area contributed by atoms with E-state index in [-0.39, 0.29) is 5.82 Å². The molecule has 98 valence electrons. The molecule has 18 heavy (non-hydrogen) atoms. The second kappa shape index (κ2) is 5.27. The van der Waals surface area contributed by atoms with Crippen LogP contribution in [0.15, 0.2) is 18.2 Å². The Hall–Kier alpha value is -1.09. The first-order valence-corrected chi connectivity index (χ1v) is 7.10. The highest BCUT2D eigenvalue weighted by Crippen LogP contribution is 2.25. The Labute approximate surface area is 108 Å². The summed E-state index contributed by atoms with van der Waals surface area (Å²) >= 11 is 0. The zero-order chi connectivity index (χ0) is 12.4. The van der Waals surface area contributed by atoms with Crippen LogP contribution in [0, 0.1) is 5.82 Å². The third-order valence-electron chi connectivity index (χ3n) is 3.88. The number of nitrogens with zero attached hydrogens (tertiary/aromatic N) is 1. The maximum atomic E-state index is 13.9. The number of nitrogens with one attached hydrogen (secondary N) is 1. The zero-order valence-corrected chi connectivity index (χ0v) is 10.8. The SMILES string of the molecule is Fc1ccc(CNC2CC2)cc1N1CCCCC1. The first-order chi connectivity index (χ1) is 8.83. The van der Waals surface area contributed by atoms with E-state index in [1.807, 2.05) is 12.1 Å². The van der Waals surface area contributed by atoms with Crippen molar-refractivity contribution in [2.24, 2.45) is 0 Å². The number of anilines is 1. The van der Waals surface area contributed by atoms with E-state index in [9.17, 15) is 4.39 Å². The van der Waals surface area contributed by atoms with Crippen LogP contribution in [0.3, 0.4) is 0 Å². The smallest absolute Gasteiger partial charge is 0.146 e. The first-order valence-electron chi connectivity index (χ1n) is 7.10. The average Bonchev–Trinajstić information content (AvgIpc) is 3.23. The van der Waals surface area contributed by atoms with Crippen LogP contribution in [0.1, 0.15) is 37.7 Å². The predicted molar refractivity (Wildman–Crippen MR) is 72.3 cm³/mol. The molecule has 2 aliphatic rings. The van der Waals surface area contributed by atoms with Crippen LogP contribution >= 0.6 is 0 Å². The van der Waals surface area contributed by atoms with Crippen molar-refractivity contribution in [3.63, 3.8) is 0 Å². The van der Waals surface area contributed by atoms with E-state index in [0.717, 1.165) is 25.3 Å². The molecule has 1 saturated carbocycles. The Morgan fingerprint density at radius 1 is 1.17 bits per heavy atom. The minimum Gasteiger partial charge on any atom is -0.369 e. The van der Waals surface area contributed by atoms with Crippen LogP contribution in [0.25, 0.3) is 0 Å². The summed E-state index contributed by atoms with van der Waals surface area (Å²) in [7, 11) is 0. The summed E-state index contributed by atoms with van der Waals surface area (Å²) in [6.07, 6.45) is 6.23. The molecule has 2 nitrogen and oxygen atoms in total. The molecule has 0 aromatic heterocycles. The maximum Gasteiger partial charge on any atom is 0.146 e. The van der Waals surface area contributed by atoms with Gasteiger partial charge in [0.1, 0.15) is 5.82 Å². The average molecular weight is 248 g/mol. The number of halogens is 1. The Balaban J connectivity index is 1.71. The lowest BCUT2D eigenvalue weighted by Crippen LogP contribution is -2.30. The first kappa shape index (κ1) is 12.0. The topological polar surface area (TPSA) is 15.3 Å². The third kappa shape index (κ3) is 2.83. The lowest BCUT2D eigenvalue weighted by Gasteiger charge is -2.29. The van der Waals surface area contributed by atoms with Gasteiger partial charge in [0, 0.05) is 25.7 Å². The van der Waals surface area contributed by atoms with Gasteiger partial charge in [-0.3, -0.25) is 0 Å². The fourth-order valence-corrected chi connectivity index (χ4v) is 2.59. The van der Waals surface area contributed by atoms with Crippen molar-refractivity contribution in [3.05, 3.63) is 29.6 Å². The predicted octanol–water partition coefficient (Wildman–Crippen LogP) is 3.07. The molecule has 1 aliphatic heterocycles. The molecular formula is C15H21FN2. The molecule has 1 aromatic carbocycles. The van der Waals surface area contributed by atoms with Crippen LogP contribution in [0.2, 0.25) is 0 Å². The number of rotatable bonds is 4. The largest absolute Gasteiger partial charge is 0.369 e. The minimum absolute atomic E-state index is 0.0768. The van der Waals surface area contributed by atoms with Gasteiger partial charge in [-0.05, 0) is 49.8 Å². The van der Waals surface area contributed by atoms with Gasteiger partial charge in [0.25, 0.3) is 0 Å². The van der Waals surface area contributed by atoms with Gasteiger partial charge in [0.05, 0.1) is 5.69 Å². The second-order valence-electron chi connectivity index (χ2n) is 5.49. The highest BCUT2D eigenvalue weighted by molar-refractivity contribution is 5.50. The standard InChI is InChI=1S/C15H21FN2/c16-14-7-4-12(11-17-13-5-6-13)10-15(14)18-8-2-1-3-9-18/h4,7,10,13,17H,1-3,5-6,8-9,11H2. The van der Waals surface area contributed by atoms with Crippen LogP contribution in [-0.2, 0) is 6.54 Å². The fourth-order valence-electron chi connectivity index (χ4n) is 2.59. The van der Waals surface area contributed by atoms with Gasteiger partial charge in [-0.1, -0.05) is 6.07 Å². The molecule has 0 bridgehead atoms. The molecule has 1 aliphatic carbocycles. The van der Waals surface area contributed by atoms with Crippen molar-refractivity contribution in [2.75, 3.05) is 18.0 Å².